The highest BCUT2D eigenvalue weighted by Gasteiger charge is 2.38. The minimum atomic E-state index is -0.301. The number of hydrogen-bond donors (Lipinski definition) is 0. The summed E-state index contributed by atoms with van der Waals surface area (Å²) in [6, 6.07) is 11.2. The van der Waals surface area contributed by atoms with Crippen molar-refractivity contribution in [2.24, 2.45) is 5.92 Å². The zero-order valence-corrected chi connectivity index (χ0v) is 15.8. The Balaban J connectivity index is 1.34. The molecule has 3 heterocycles. The number of carbonyl (C=O) groups excluding carboxylic acids is 1. The van der Waals surface area contributed by atoms with Crippen molar-refractivity contribution in [2.75, 3.05) is 46.4 Å². The Kier molecular flexibility index (Phi) is 5.57. The van der Waals surface area contributed by atoms with Crippen LogP contribution in [0.15, 0.2) is 30.3 Å². The minimum absolute atomic E-state index is 0.203. The van der Waals surface area contributed by atoms with Gasteiger partial charge in [-0.2, -0.15) is 0 Å². The van der Waals surface area contributed by atoms with Crippen molar-refractivity contribution in [2.45, 2.75) is 38.0 Å². The quantitative estimate of drug-likeness (QED) is 0.827. The van der Waals surface area contributed by atoms with Crippen molar-refractivity contribution >= 4 is 5.91 Å². The van der Waals surface area contributed by atoms with Crippen molar-refractivity contribution in [3.05, 3.63) is 35.9 Å². The van der Waals surface area contributed by atoms with Gasteiger partial charge in [0.15, 0.2) is 0 Å². The molecule has 0 N–H and O–H groups in total. The van der Waals surface area contributed by atoms with Gasteiger partial charge in [-0.05, 0) is 44.3 Å². The number of benzene rings is 1. The standard InChI is InChI=1S/C21H31N3O2/c1-22-10-5-8-18-15-24(11-9-19(18)22)21(25)20-16-23(12-13-26-20)14-17-6-3-2-4-7-17/h2-4,6-7,18-20H,5,8-16H2,1H3. The summed E-state index contributed by atoms with van der Waals surface area (Å²) >= 11 is 0. The SMILES string of the molecule is CN1CCCC2CN(C(=O)C3CN(Cc4ccccc4)CCO3)CCC21. The fourth-order valence-corrected chi connectivity index (χ4v) is 4.89. The first-order valence-electron chi connectivity index (χ1n) is 10.1. The average Bonchev–Trinajstić information content (AvgIpc) is 2.68. The van der Waals surface area contributed by atoms with E-state index in [0.717, 1.165) is 32.6 Å². The van der Waals surface area contributed by atoms with E-state index in [1.807, 2.05) is 6.07 Å². The van der Waals surface area contributed by atoms with Gasteiger partial charge in [0.1, 0.15) is 6.10 Å². The van der Waals surface area contributed by atoms with Gasteiger partial charge in [-0.25, -0.2) is 0 Å². The zero-order valence-electron chi connectivity index (χ0n) is 15.8. The molecule has 0 saturated carbocycles. The van der Waals surface area contributed by atoms with E-state index in [-0.39, 0.29) is 12.0 Å². The molecule has 3 aliphatic rings. The van der Waals surface area contributed by atoms with Crippen molar-refractivity contribution in [3.8, 4) is 0 Å². The van der Waals surface area contributed by atoms with Crippen LogP contribution in [0.1, 0.15) is 24.8 Å². The third kappa shape index (κ3) is 3.95. The third-order valence-electron chi connectivity index (χ3n) is 6.33. The molecule has 0 radical (unpaired) electrons. The lowest BCUT2D eigenvalue weighted by Gasteiger charge is -2.46. The molecule has 3 aliphatic heterocycles. The van der Waals surface area contributed by atoms with Crippen molar-refractivity contribution in [1.29, 1.82) is 0 Å². The fourth-order valence-electron chi connectivity index (χ4n) is 4.89. The van der Waals surface area contributed by atoms with Gasteiger partial charge in [-0.3, -0.25) is 9.69 Å². The van der Waals surface area contributed by atoms with Crippen LogP contribution in [-0.4, -0.2) is 79.1 Å². The lowest BCUT2D eigenvalue weighted by atomic mass is 9.84. The molecule has 0 aliphatic carbocycles. The second-order valence-corrected chi connectivity index (χ2v) is 8.10. The predicted molar refractivity (Wildman–Crippen MR) is 102 cm³/mol. The summed E-state index contributed by atoms with van der Waals surface area (Å²) in [4.78, 5) is 20.0. The van der Waals surface area contributed by atoms with Crippen LogP contribution in [0.2, 0.25) is 0 Å². The second-order valence-electron chi connectivity index (χ2n) is 8.10. The summed E-state index contributed by atoms with van der Waals surface area (Å²) in [6.45, 7) is 6.13. The molecule has 142 valence electrons. The van der Waals surface area contributed by atoms with Crippen molar-refractivity contribution < 1.29 is 9.53 Å². The van der Waals surface area contributed by atoms with E-state index in [4.69, 9.17) is 4.74 Å². The summed E-state index contributed by atoms with van der Waals surface area (Å²) in [5, 5.41) is 0. The Morgan fingerprint density at radius 1 is 1.12 bits per heavy atom. The number of rotatable bonds is 3. The molecule has 26 heavy (non-hydrogen) atoms. The summed E-state index contributed by atoms with van der Waals surface area (Å²) in [7, 11) is 2.24. The highest BCUT2D eigenvalue weighted by molar-refractivity contribution is 5.81. The van der Waals surface area contributed by atoms with Crippen LogP contribution in [0.3, 0.4) is 0 Å². The third-order valence-corrected chi connectivity index (χ3v) is 6.33. The first-order valence-corrected chi connectivity index (χ1v) is 10.1. The second kappa shape index (κ2) is 8.07. The topological polar surface area (TPSA) is 36.0 Å². The maximum atomic E-state index is 13.1. The van der Waals surface area contributed by atoms with Gasteiger partial charge in [0.05, 0.1) is 6.61 Å². The van der Waals surface area contributed by atoms with Gasteiger partial charge in [0.2, 0.25) is 0 Å². The molecule has 0 aromatic heterocycles. The summed E-state index contributed by atoms with van der Waals surface area (Å²) in [5.41, 5.74) is 1.30. The molecule has 3 unspecified atom stereocenters. The molecule has 5 heteroatoms. The number of nitrogens with zero attached hydrogens (tertiary/aromatic N) is 3. The molecule has 3 atom stereocenters. The van der Waals surface area contributed by atoms with Crippen molar-refractivity contribution in [1.82, 2.24) is 14.7 Å². The van der Waals surface area contributed by atoms with E-state index < -0.39 is 0 Å². The largest absolute Gasteiger partial charge is 0.366 e. The molecular formula is C21H31N3O2. The van der Waals surface area contributed by atoms with Gasteiger partial charge >= 0.3 is 0 Å². The van der Waals surface area contributed by atoms with Crippen molar-refractivity contribution in [3.63, 3.8) is 0 Å². The molecular weight excluding hydrogens is 326 g/mol. The van der Waals surface area contributed by atoms with Gasteiger partial charge in [-0.15, -0.1) is 0 Å². The first-order chi connectivity index (χ1) is 12.7. The van der Waals surface area contributed by atoms with Gasteiger partial charge < -0.3 is 14.5 Å². The van der Waals surface area contributed by atoms with Crippen LogP contribution in [0, 0.1) is 5.92 Å². The molecule has 3 fully saturated rings. The summed E-state index contributed by atoms with van der Waals surface area (Å²) in [5.74, 6) is 0.838. The van der Waals surface area contributed by atoms with Crippen LogP contribution in [0.5, 0.6) is 0 Å². The van der Waals surface area contributed by atoms with Gasteiger partial charge in [0, 0.05) is 38.8 Å². The Hall–Kier alpha value is -1.43. The molecule has 0 bridgehead atoms. The highest BCUT2D eigenvalue weighted by Crippen LogP contribution is 2.30. The fraction of sp³-hybridized carbons (Fsp3) is 0.667. The van der Waals surface area contributed by atoms with Crippen LogP contribution in [0.4, 0.5) is 0 Å². The Morgan fingerprint density at radius 2 is 1.96 bits per heavy atom. The van der Waals surface area contributed by atoms with E-state index >= 15 is 0 Å². The van der Waals surface area contributed by atoms with E-state index in [0.29, 0.717) is 25.1 Å². The van der Waals surface area contributed by atoms with E-state index in [1.165, 1.54) is 24.9 Å². The number of piperidine rings is 2. The van der Waals surface area contributed by atoms with Crippen LogP contribution in [0.25, 0.3) is 0 Å². The van der Waals surface area contributed by atoms with Crippen LogP contribution >= 0.6 is 0 Å². The molecule has 4 rings (SSSR count). The number of hydrogen-bond acceptors (Lipinski definition) is 4. The summed E-state index contributed by atoms with van der Waals surface area (Å²) in [6.07, 6.45) is 3.31. The zero-order chi connectivity index (χ0) is 17.9. The van der Waals surface area contributed by atoms with Gasteiger partial charge in [-0.1, -0.05) is 30.3 Å². The molecule has 3 saturated heterocycles. The highest BCUT2D eigenvalue weighted by atomic mass is 16.5. The lowest BCUT2D eigenvalue weighted by molar-refractivity contribution is -0.153. The Bertz CT molecular complexity index is 609. The van der Waals surface area contributed by atoms with Gasteiger partial charge in [0.25, 0.3) is 5.91 Å². The lowest BCUT2D eigenvalue weighted by Crippen LogP contribution is -2.57. The van der Waals surface area contributed by atoms with E-state index in [1.54, 1.807) is 0 Å². The normalized spacial score (nSPS) is 30.8. The number of morpholine rings is 1. The molecule has 1 aromatic carbocycles. The smallest absolute Gasteiger partial charge is 0.253 e. The van der Waals surface area contributed by atoms with Crippen LogP contribution < -0.4 is 0 Å². The molecule has 0 spiro atoms. The Morgan fingerprint density at radius 3 is 2.81 bits per heavy atom. The number of ether oxygens (including phenoxy) is 1. The number of carbonyl (C=O) groups is 1. The number of fused-ring (bicyclic) bond motifs is 1. The number of likely N-dealkylation sites (tertiary alicyclic amines) is 2. The maximum Gasteiger partial charge on any atom is 0.253 e. The Labute approximate surface area is 156 Å². The minimum Gasteiger partial charge on any atom is -0.366 e. The monoisotopic (exact) mass is 357 g/mol. The summed E-state index contributed by atoms with van der Waals surface area (Å²) < 4.78 is 5.87. The molecule has 1 amide bonds. The predicted octanol–water partition coefficient (Wildman–Crippen LogP) is 1.83. The number of amides is 1. The molecule has 5 nitrogen and oxygen atoms in total. The van der Waals surface area contributed by atoms with E-state index in [9.17, 15) is 4.79 Å². The maximum absolute atomic E-state index is 13.1. The van der Waals surface area contributed by atoms with E-state index in [2.05, 4.69) is 46.0 Å². The first kappa shape index (κ1) is 18.0. The average molecular weight is 357 g/mol. The van der Waals surface area contributed by atoms with Crippen LogP contribution in [-0.2, 0) is 16.1 Å². The molecule has 1 aromatic rings.